The molecule has 0 radical (unpaired) electrons. The molecule has 1 aliphatic rings. The van der Waals surface area contributed by atoms with Crippen molar-refractivity contribution >= 4 is 37.2 Å². The fourth-order valence-corrected chi connectivity index (χ4v) is 5.87. The molecule has 0 unspecified atom stereocenters. The first-order valence-electron chi connectivity index (χ1n) is 6.22. The van der Waals surface area contributed by atoms with Gasteiger partial charge in [0, 0.05) is 5.02 Å². The fraction of sp³-hybridized carbons (Fsp3) is 0.417. The van der Waals surface area contributed by atoms with Crippen molar-refractivity contribution < 1.29 is 21.6 Å². The summed E-state index contributed by atoms with van der Waals surface area (Å²) in [5.41, 5.74) is 9.18. The third kappa shape index (κ3) is 2.76. The summed E-state index contributed by atoms with van der Waals surface area (Å²) in [5.74, 6) is 0. The Kier molecular flexibility index (Phi) is 4.53. The molecule has 0 saturated heterocycles. The molecule has 1 aromatic carbocycles. The zero-order valence-electron chi connectivity index (χ0n) is 10.9. The number of nitrogens with zero attached hydrogens (tertiary/aromatic N) is 2. The van der Waals surface area contributed by atoms with Crippen LogP contribution in [-0.2, 0) is 20.5 Å². The van der Waals surface area contributed by atoms with E-state index >= 15 is 0 Å². The molecule has 1 fully saturated rings. The van der Waals surface area contributed by atoms with Gasteiger partial charge < -0.3 is 5.53 Å². The van der Waals surface area contributed by atoms with Gasteiger partial charge in [-0.2, -0.15) is 4.79 Å². The van der Waals surface area contributed by atoms with E-state index in [1.54, 1.807) is 0 Å². The third-order valence-electron chi connectivity index (χ3n) is 3.63. The van der Waals surface area contributed by atoms with E-state index in [1.165, 1.54) is 24.3 Å². The van der Waals surface area contributed by atoms with Gasteiger partial charge in [0.15, 0.2) is 15.5 Å². The van der Waals surface area contributed by atoms with E-state index in [9.17, 15) is 22.4 Å². The van der Waals surface area contributed by atoms with Gasteiger partial charge in [-0.25, -0.2) is 16.8 Å². The van der Waals surface area contributed by atoms with Crippen LogP contribution in [0.4, 0.5) is 0 Å². The highest BCUT2D eigenvalue weighted by Crippen LogP contribution is 2.37. The van der Waals surface area contributed by atoms with Gasteiger partial charge in [0.05, 0.1) is 4.90 Å². The Bertz CT molecular complexity index is 781. The first kappa shape index (κ1) is 16.2. The summed E-state index contributed by atoms with van der Waals surface area (Å²) >= 11 is 5.77. The van der Waals surface area contributed by atoms with Gasteiger partial charge in [-0.05, 0) is 31.0 Å². The van der Waals surface area contributed by atoms with Gasteiger partial charge in [-0.3, -0.25) is 0 Å². The van der Waals surface area contributed by atoms with Crippen molar-refractivity contribution in [2.24, 2.45) is 0 Å². The van der Waals surface area contributed by atoms with Gasteiger partial charge in [-0.1, -0.05) is 30.5 Å². The van der Waals surface area contributed by atoms with Crippen molar-refractivity contribution in [2.45, 2.75) is 35.3 Å². The molecule has 1 aliphatic carbocycles. The molecule has 6 nitrogen and oxygen atoms in total. The highest BCUT2D eigenvalue weighted by molar-refractivity contribution is 8.07. The monoisotopic (exact) mass is 348 g/mol. The minimum atomic E-state index is -4.23. The van der Waals surface area contributed by atoms with Crippen molar-refractivity contribution in [1.29, 1.82) is 0 Å². The van der Waals surface area contributed by atoms with E-state index in [2.05, 4.69) is 4.79 Å². The molecular weight excluding hydrogens is 336 g/mol. The van der Waals surface area contributed by atoms with E-state index in [-0.39, 0.29) is 22.8 Å². The largest absolute Gasteiger partial charge is 0.406 e. The fourth-order valence-electron chi connectivity index (χ4n) is 2.58. The van der Waals surface area contributed by atoms with E-state index < -0.39 is 30.3 Å². The molecule has 0 aromatic heterocycles. The minimum Gasteiger partial charge on any atom is -0.360 e. The van der Waals surface area contributed by atoms with E-state index in [0.717, 1.165) is 0 Å². The van der Waals surface area contributed by atoms with Crippen molar-refractivity contribution in [3.05, 3.63) is 34.8 Å². The second-order valence-electron chi connectivity index (χ2n) is 4.86. The minimum absolute atomic E-state index is 0.130. The molecular formula is C12H13ClN2O4S2. The van der Waals surface area contributed by atoms with Crippen LogP contribution < -0.4 is 0 Å². The summed E-state index contributed by atoms with van der Waals surface area (Å²) in [4.78, 5) is 2.65. The summed E-state index contributed by atoms with van der Waals surface area (Å²) in [6.45, 7) is 0. The lowest BCUT2D eigenvalue weighted by molar-refractivity contribution is -0.00601. The molecule has 0 N–H and O–H groups in total. The van der Waals surface area contributed by atoms with Crippen LogP contribution in [0.5, 0.6) is 0 Å². The molecule has 1 saturated carbocycles. The third-order valence-corrected chi connectivity index (χ3v) is 7.23. The number of halogens is 1. The number of rotatable bonds is 3. The summed E-state index contributed by atoms with van der Waals surface area (Å²) in [5, 5.41) is -0.522. The van der Waals surface area contributed by atoms with Gasteiger partial charge in [0.2, 0.25) is 0 Å². The molecule has 114 valence electrons. The average molecular weight is 349 g/mol. The molecule has 21 heavy (non-hydrogen) atoms. The van der Waals surface area contributed by atoms with Gasteiger partial charge in [0.1, 0.15) is 0 Å². The molecule has 0 bridgehead atoms. The molecule has 0 spiro atoms. The Labute approximate surface area is 129 Å². The SMILES string of the molecule is [N-]=[N+]=C(C1([SH](=O)=O)CCCC1)S(=O)(=O)c1cccc(Cl)c1. The summed E-state index contributed by atoms with van der Waals surface area (Å²) in [7, 11) is -7.33. The maximum absolute atomic E-state index is 12.6. The van der Waals surface area contributed by atoms with Gasteiger partial charge >= 0.3 is 5.04 Å². The lowest BCUT2D eigenvalue weighted by atomic mass is 10.1. The normalized spacial score (nSPS) is 17.6. The highest BCUT2D eigenvalue weighted by Gasteiger charge is 2.55. The smallest absolute Gasteiger partial charge is 0.360 e. The molecule has 0 heterocycles. The summed E-state index contributed by atoms with van der Waals surface area (Å²) < 4.78 is 46.8. The van der Waals surface area contributed by atoms with Crippen molar-refractivity contribution in [2.75, 3.05) is 0 Å². The average Bonchev–Trinajstić information content (AvgIpc) is 2.90. The van der Waals surface area contributed by atoms with E-state index in [0.29, 0.717) is 12.8 Å². The highest BCUT2D eigenvalue weighted by atomic mass is 35.5. The van der Waals surface area contributed by atoms with Crippen molar-refractivity contribution in [1.82, 2.24) is 0 Å². The van der Waals surface area contributed by atoms with Crippen LogP contribution in [0.15, 0.2) is 29.2 Å². The van der Waals surface area contributed by atoms with Gasteiger partial charge in [0.25, 0.3) is 9.84 Å². The second-order valence-corrected chi connectivity index (χ2v) is 8.53. The predicted molar refractivity (Wildman–Crippen MR) is 78.8 cm³/mol. The van der Waals surface area contributed by atoms with Gasteiger partial charge in [-0.15, -0.1) is 0 Å². The van der Waals surface area contributed by atoms with Crippen LogP contribution in [0, 0.1) is 0 Å². The maximum atomic E-state index is 12.6. The predicted octanol–water partition coefficient (Wildman–Crippen LogP) is 1.67. The van der Waals surface area contributed by atoms with Crippen LogP contribution in [0.25, 0.3) is 5.53 Å². The van der Waals surface area contributed by atoms with Crippen LogP contribution in [0.2, 0.25) is 5.02 Å². The lowest BCUT2D eigenvalue weighted by Crippen LogP contribution is -2.43. The molecule has 9 heteroatoms. The summed E-state index contributed by atoms with van der Waals surface area (Å²) in [6.07, 6.45) is 1.39. The maximum Gasteiger partial charge on any atom is 0.406 e. The number of sulfone groups is 1. The molecule has 0 amide bonds. The standard InChI is InChI=1S/C12H13ClN2O4S2/c13-9-4-3-5-10(8-9)21(18,19)11(15-14)12(20(16)17)6-1-2-7-12/h3-5,8,20H,1-2,6-7H2. The number of hydrogen-bond donors (Lipinski definition) is 1. The second kappa shape index (κ2) is 5.88. The van der Waals surface area contributed by atoms with E-state index in [1.807, 2.05) is 0 Å². The Morgan fingerprint density at radius 3 is 2.38 bits per heavy atom. The number of benzene rings is 1. The Morgan fingerprint density at radius 1 is 1.29 bits per heavy atom. The molecule has 0 atom stereocenters. The topological polar surface area (TPSA) is 105 Å². The van der Waals surface area contributed by atoms with Crippen LogP contribution in [0.3, 0.4) is 0 Å². The first-order chi connectivity index (χ1) is 9.84. The zero-order chi connectivity index (χ0) is 15.7. The molecule has 1 aromatic rings. The number of thiol groups is 1. The van der Waals surface area contributed by atoms with Crippen molar-refractivity contribution in [3.8, 4) is 0 Å². The van der Waals surface area contributed by atoms with Crippen LogP contribution in [0.1, 0.15) is 25.7 Å². The molecule has 2 rings (SSSR count). The Hall–Kier alpha value is -1.21. The van der Waals surface area contributed by atoms with Crippen molar-refractivity contribution in [3.63, 3.8) is 0 Å². The summed E-state index contributed by atoms with van der Waals surface area (Å²) in [6, 6.07) is 5.41. The van der Waals surface area contributed by atoms with Crippen LogP contribution >= 0.6 is 11.6 Å². The van der Waals surface area contributed by atoms with Crippen LogP contribution in [-0.4, -0.2) is 31.4 Å². The first-order valence-corrected chi connectivity index (χ1v) is 9.26. The Balaban J connectivity index is 2.64. The lowest BCUT2D eigenvalue weighted by Gasteiger charge is -2.16. The quantitative estimate of drug-likeness (QED) is 0.295. The molecule has 0 aliphatic heterocycles. The van der Waals surface area contributed by atoms with E-state index in [4.69, 9.17) is 11.6 Å². The zero-order valence-corrected chi connectivity index (χ0v) is 13.4. The number of hydrogen-bond acceptors (Lipinski definition) is 4. The Morgan fingerprint density at radius 2 is 1.90 bits per heavy atom.